The predicted molar refractivity (Wildman–Crippen MR) is 110 cm³/mol. The average Bonchev–Trinajstić information content (AvgIpc) is 2.69. The van der Waals surface area contributed by atoms with Gasteiger partial charge in [0.2, 0.25) is 0 Å². The van der Waals surface area contributed by atoms with E-state index in [2.05, 4.69) is 26.1 Å². The Morgan fingerprint density at radius 1 is 1.26 bits per heavy atom. The highest BCUT2D eigenvalue weighted by molar-refractivity contribution is 6.06. The van der Waals surface area contributed by atoms with Gasteiger partial charge in [0.15, 0.2) is 0 Å². The Balaban J connectivity index is 1.91. The lowest BCUT2D eigenvalue weighted by Gasteiger charge is -2.37. The van der Waals surface area contributed by atoms with Gasteiger partial charge in [-0.05, 0) is 50.7 Å². The molecule has 4 nitrogen and oxygen atoms in total. The topological polar surface area (TPSA) is 47.6 Å². The fourth-order valence-electron chi connectivity index (χ4n) is 4.01. The van der Waals surface area contributed by atoms with Crippen molar-refractivity contribution < 1.29 is 14.3 Å². The maximum absolute atomic E-state index is 13.2. The van der Waals surface area contributed by atoms with Crippen LogP contribution in [0.2, 0.25) is 0 Å². The summed E-state index contributed by atoms with van der Waals surface area (Å²) in [6, 6.07) is 11.9. The molecule has 1 aliphatic rings. The molecular formula is C23H31NO3. The minimum absolute atomic E-state index is 0.0442. The quantitative estimate of drug-likeness (QED) is 0.726. The summed E-state index contributed by atoms with van der Waals surface area (Å²) in [4.78, 5) is 13.2. The Labute approximate surface area is 162 Å². The van der Waals surface area contributed by atoms with Crippen LogP contribution in [0.25, 0.3) is 10.8 Å². The molecule has 1 fully saturated rings. The van der Waals surface area contributed by atoms with Gasteiger partial charge in [0.1, 0.15) is 11.4 Å². The fraction of sp³-hybridized carbons (Fsp3) is 0.522. The third-order valence-electron chi connectivity index (χ3n) is 5.80. The zero-order valence-electron chi connectivity index (χ0n) is 16.9. The molecule has 0 bridgehead atoms. The van der Waals surface area contributed by atoms with Crippen molar-refractivity contribution in [2.75, 3.05) is 12.4 Å². The van der Waals surface area contributed by atoms with Gasteiger partial charge in [-0.1, -0.05) is 44.5 Å². The van der Waals surface area contributed by atoms with E-state index in [0.29, 0.717) is 5.92 Å². The molecule has 1 amide bonds. The van der Waals surface area contributed by atoms with E-state index >= 15 is 0 Å². The number of methoxy groups -OCH3 is 1. The van der Waals surface area contributed by atoms with Gasteiger partial charge < -0.3 is 14.8 Å². The molecule has 0 heterocycles. The maximum atomic E-state index is 13.2. The van der Waals surface area contributed by atoms with Crippen LogP contribution in [0.3, 0.4) is 0 Å². The Morgan fingerprint density at radius 2 is 2.00 bits per heavy atom. The van der Waals surface area contributed by atoms with Crippen LogP contribution in [-0.4, -0.2) is 24.7 Å². The molecule has 0 spiro atoms. The molecule has 0 aliphatic heterocycles. The molecule has 1 saturated carbocycles. The van der Waals surface area contributed by atoms with Crippen LogP contribution >= 0.6 is 0 Å². The third kappa shape index (κ3) is 4.11. The number of benzene rings is 2. The largest absolute Gasteiger partial charge is 0.490 e. The summed E-state index contributed by atoms with van der Waals surface area (Å²) < 4.78 is 11.8. The average molecular weight is 370 g/mol. The summed E-state index contributed by atoms with van der Waals surface area (Å²) in [5.41, 5.74) is 0.0757. The van der Waals surface area contributed by atoms with Crippen molar-refractivity contribution in [3.63, 3.8) is 0 Å². The van der Waals surface area contributed by atoms with Crippen LogP contribution in [0, 0.1) is 5.92 Å². The molecule has 146 valence electrons. The molecule has 0 saturated heterocycles. The standard InChI is InChI=1S/C23H31NO3/c1-5-17(3)27-21-13-12-20(18-10-6-7-11-19(18)21)24-22(25)23(26-4)14-8-9-16(2)15-23/h6-7,10-13,16-17H,5,8-9,14-15H2,1-4H3,(H,24,25)/t16-,17+,23+/m1/s1. The fourth-order valence-corrected chi connectivity index (χ4v) is 4.01. The summed E-state index contributed by atoms with van der Waals surface area (Å²) in [5, 5.41) is 5.14. The Kier molecular flexibility index (Phi) is 6.05. The van der Waals surface area contributed by atoms with Gasteiger partial charge in [0.05, 0.1) is 6.10 Å². The van der Waals surface area contributed by atoms with Crippen molar-refractivity contribution in [2.45, 2.75) is 64.6 Å². The van der Waals surface area contributed by atoms with E-state index < -0.39 is 5.60 Å². The number of hydrogen-bond donors (Lipinski definition) is 1. The van der Waals surface area contributed by atoms with E-state index in [9.17, 15) is 4.79 Å². The number of nitrogens with one attached hydrogen (secondary N) is 1. The molecule has 3 rings (SSSR count). The first kappa shape index (κ1) is 19.7. The minimum Gasteiger partial charge on any atom is -0.490 e. The van der Waals surface area contributed by atoms with Crippen LogP contribution < -0.4 is 10.1 Å². The summed E-state index contributed by atoms with van der Waals surface area (Å²) in [6.45, 7) is 6.37. The van der Waals surface area contributed by atoms with E-state index in [4.69, 9.17) is 9.47 Å². The molecule has 0 radical (unpaired) electrons. The highest BCUT2D eigenvalue weighted by atomic mass is 16.5. The number of anilines is 1. The molecule has 2 aromatic carbocycles. The zero-order valence-corrected chi connectivity index (χ0v) is 16.9. The molecule has 2 aromatic rings. The molecule has 0 aromatic heterocycles. The van der Waals surface area contributed by atoms with Crippen LogP contribution in [-0.2, 0) is 9.53 Å². The summed E-state index contributed by atoms with van der Waals surface area (Å²) in [7, 11) is 1.65. The Hall–Kier alpha value is -2.07. The molecular weight excluding hydrogens is 338 g/mol. The number of fused-ring (bicyclic) bond motifs is 1. The third-order valence-corrected chi connectivity index (χ3v) is 5.80. The maximum Gasteiger partial charge on any atom is 0.256 e. The van der Waals surface area contributed by atoms with Gasteiger partial charge in [-0.25, -0.2) is 0 Å². The molecule has 1 aliphatic carbocycles. The van der Waals surface area contributed by atoms with Crippen molar-refractivity contribution in [1.29, 1.82) is 0 Å². The summed E-state index contributed by atoms with van der Waals surface area (Å²) in [6.07, 6.45) is 4.80. The van der Waals surface area contributed by atoms with E-state index in [1.54, 1.807) is 7.11 Å². The van der Waals surface area contributed by atoms with Gasteiger partial charge in [-0.15, -0.1) is 0 Å². The monoisotopic (exact) mass is 369 g/mol. The summed E-state index contributed by atoms with van der Waals surface area (Å²) >= 11 is 0. The molecule has 3 atom stereocenters. The molecule has 0 unspecified atom stereocenters. The second kappa shape index (κ2) is 8.30. The smallest absolute Gasteiger partial charge is 0.256 e. The van der Waals surface area contributed by atoms with Gasteiger partial charge in [-0.2, -0.15) is 0 Å². The number of carbonyl (C=O) groups is 1. The number of hydrogen-bond acceptors (Lipinski definition) is 3. The van der Waals surface area contributed by atoms with Crippen molar-refractivity contribution >= 4 is 22.4 Å². The Morgan fingerprint density at radius 3 is 2.67 bits per heavy atom. The normalized spacial score (nSPS) is 23.8. The molecule has 27 heavy (non-hydrogen) atoms. The van der Waals surface area contributed by atoms with Crippen LogP contribution in [0.5, 0.6) is 5.75 Å². The van der Waals surface area contributed by atoms with Crippen LogP contribution in [0.15, 0.2) is 36.4 Å². The van der Waals surface area contributed by atoms with E-state index in [-0.39, 0.29) is 12.0 Å². The van der Waals surface area contributed by atoms with Crippen molar-refractivity contribution in [3.05, 3.63) is 36.4 Å². The SMILES string of the molecule is CC[C@H](C)Oc1ccc(NC(=O)[C@]2(OC)CCC[C@@H](C)C2)c2ccccc12. The minimum atomic E-state index is -0.731. The molecule has 4 heteroatoms. The van der Waals surface area contributed by atoms with Crippen molar-refractivity contribution in [1.82, 2.24) is 0 Å². The van der Waals surface area contributed by atoms with E-state index in [1.807, 2.05) is 36.4 Å². The lowest BCUT2D eigenvalue weighted by Crippen LogP contribution is -2.47. The van der Waals surface area contributed by atoms with Gasteiger partial charge in [0, 0.05) is 23.6 Å². The van der Waals surface area contributed by atoms with Gasteiger partial charge in [-0.3, -0.25) is 4.79 Å². The van der Waals surface area contributed by atoms with Gasteiger partial charge in [0.25, 0.3) is 5.91 Å². The van der Waals surface area contributed by atoms with E-state index in [0.717, 1.165) is 54.3 Å². The zero-order chi connectivity index (χ0) is 19.4. The number of carbonyl (C=O) groups excluding carboxylic acids is 1. The van der Waals surface area contributed by atoms with E-state index in [1.165, 1.54) is 0 Å². The number of rotatable bonds is 6. The number of amides is 1. The second-order valence-electron chi connectivity index (χ2n) is 7.85. The predicted octanol–water partition coefficient (Wildman–Crippen LogP) is 5.55. The van der Waals surface area contributed by atoms with Crippen LogP contribution in [0.4, 0.5) is 5.69 Å². The van der Waals surface area contributed by atoms with Crippen LogP contribution in [0.1, 0.15) is 52.9 Å². The second-order valence-corrected chi connectivity index (χ2v) is 7.85. The first-order valence-electron chi connectivity index (χ1n) is 10.0. The Bertz CT molecular complexity index is 803. The molecule has 1 N–H and O–H groups in total. The highest BCUT2D eigenvalue weighted by Crippen LogP contribution is 2.37. The highest BCUT2D eigenvalue weighted by Gasteiger charge is 2.42. The van der Waals surface area contributed by atoms with Crippen molar-refractivity contribution in [3.8, 4) is 5.75 Å². The first-order valence-corrected chi connectivity index (χ1v) is 10.0. The number of ether oxygens (including phenoxy) is 2. The summed E-state index contributed by atoms with van der Waals surface area (Å²) in [5.74, 6) is 1.30. The lowest BCUT2D eigenvalue weighted by atomic mass is 9.78. The lowest BCUT2D eigenvalue weighted by molar-refractivity contribution is -0.143. The van der Waals surface area contributed by atoms with Gasteiger partial charge >= 0.3 is 0 Å². The first-order chi connectivity index (χ1) is 13.0. The van der Waals surface area contributed by atoms with Crippen molar-refractivity contribution in [2.24, 2.45) is 5.92 Å².